The van der Waals surface area contributed by atoms with Crippen LogP contribution in [0.5, 0.6) is 0 Å². The van der Waals surface area contributed by atoms with Gasteiger partial charge in [-0.15, -0.1) is 0 Å². The van der Waals surface area contributed by atoms with Gasteiger partial charge in [0, 0.05) is 18.5 Å². The Hall–Kier alpha value is -0.820. The van der Waals surface area contributed by atoms with E-state index in [1.54, 1.807) is 5.56 Å². The Morgan fingerprint density at radius 2 is 1.63 bits per heavy atom. The lowest BCUT2D eigenvalue weighted by molar-refractivity contribution is 0.0808. The highest BCUT2D eigenvalue weighted by Crippen LogP contribution is 2.45. The van der Waals surface area contributed by atoms with Crippen molar-refractivity contribution >= 4 is 0 Å². The topological polar surface area (TPSA) is 12.0 Å². The lowest BCUT2D eigenvalue weighted by atomic mass is 9.65. The molecule has 1 nitrogen and oxygen atoms in total. The molecule has 1 aromatic carbocycles. The smallest absolute Gasteiger partial charge is 0.00261 e. The lowest BCUT2D eigenvalue weighted by Crippen LogP contribution is -2.58. The molecule has 1 heterocycles. The van der Waals surface area contributed by atoms with Crippen molar-refractivity contribution in [2.45, 2.75) is 52.9 Å². The number of hydrogen-bond donors (Lipinski definition) is 1. The maximum Gasteiger partial charge on any atom is 0.00261 e. The molecule has 1 N–H and O–H groups in total. The van der Waals surface area contributed by atoms with Crippen LogP contribution in [0.2, 0.25) is 0 Å². The van der Waals surface area contributed by atoms with Gasteiger partial charge in [0.2, 0.25) is 0 Å². The highest BCUT2D eigenvalue weighted by Gasteiger charge is 2.45. The maximum atomic E-state index is 3.55. The average Bonchev–Trinajstić information content (AvgIpc) is 2.79. The van der Waals surface area contributed by atoms with E-state index >= 15 is 0 Å². The number of nitrogens with one attached hydrogen (secondary N) is 1. The molecule has 1 aromatic rings. The zero-order valence-electron chi connectivity index (χ0n) is 12.7. The minimum Gasteiger partial charge on any atom is -0.315 e. The molecule has 0 spiro atoms. The summed E-state index contributed by atoms with van der Waals surface area (Å²) in [4.78, 5) is 0. The Labute approximate surface area is 117 Å². The van der Waals surface area contributed by atoms with Crippen molar-refractivity contribution in [1.29, 1.82) is 0 Å². The molecule has 1 aliphatic carbocycles. The zero-order chi connectivity index (χ0) is 13.5. The summed E-state index contributed by atoms with van der Waals surface area (Å²) in [6.45, 7) is 9.28. The van der Waals surface area contributed by atoms with Crippen LogP contribution in [0.3, 0.4) is 0 Å². The van der Waals surface area contributed by atoms with Crippen molar-refractivity contribution in [3.63, 3.8) is 0 Å². The van der Waals surface area contributed by atoms with E-state index in [-0.39, 0.29) is 0 Å². The molecule has 1 heteroatoms. The van der Waals surface area contributed by atoms with Crippen LogP contribution in [0.25, 0.3) is 0 Å². The normalized spacial score (nSPS) is 22.5. The van der Waals surface area contributed by atoms with Crippen molar-refractivity contribution in [3.8, 4) is 0 Å². The number of benzene rings is 1. The second kappa shape index (κ2) is 4.94. The van der Waals surface area contributed by atoms with Gasteiger partial charge in [0.25, 0.3) is 0 Å². The zero-order valence-corrected chi connectivity index (χ0v) is 12.7. The first-order valence-corrected chi connectivity index (χ1v) is 7.88. The Kier molecular flexibility index (Phi) is 3.42. The molecule has 2 aliphatic rings. The fourth-order valence-corrected chi connectivity index (χ4v) is 4.38. The monoisotopic (exact) mass is 257 g/mol. The molecule has 0 unspecified atom stereocenters. The molecular formula is C18H27N. The Balaban J connectivity index is 1.87. The first-order valence-electron chi connectivity index (χ1n) is 7.88. The third-order valence-electron chi connectivity index (χ3n) is 5.54. The van der Waals surface area contributed by atoms with Crippen LogP contribution in [-0.4, -0.2) is 13.1 Å². The second-order valence-electron chi connectivity index (χ2n) is 7.00. The molecule has 0 atom stereocenters. The lowest BCUT2D eigenvalue weighted by Gasteiger charge is -2.48. The van der Waals surface area contributed by atoms with Crippen LogP contribution in [0.4, 0.5) is 0 Å². The van der Waals surface area contributed by atoms with Crippen LogP contribution >= 0.6 is 0 Å². The predicted molar refractivity (Wildman–Crippen MR) is 81.6 cm³/mol. The Bertz CT molecular complexity index is 442. The molecule has 1 saturated heterocycles. The number of aryl methyl sites for hydroxylation is 3. The largest absolute Gasteiger partial charge is 0.315 e. The Morgan fingerprint density at radius 1 is 1.05 bits per heavy atom. The van der Waals surface area contributed by atoms with Crippen molar-refractivity contribution in [2.75, 3.05) is 13.1 Å². The van der Waals surface area contributed by atoms with E-state index in [2.05, 4.69) is 38.2 Å². The van der Waals surface area contributed by atoms with Gasteiger partial charge in [-0.3, -0.25) is 0 Å². The number of hydrogen-bond acceptors (Lipinski definition) is 1. The van der Waals surface area contributed by atoms with E-state index in [1.165, 1.54) is 61.9 Å². The first-order chi connectivity index (χ1) is 9.11. The molecule has 104 valence electrons. The molecule has 2 fully saturated rings. The summed E-state index contributed by atoms with van der Waals surface area (Å²) >= 11 is 0. The summed E-state index contributed by atoms with van der Waals surface area (Å²) in [5, 5.41) is 3.55. The van der Waals surface area contributed by atoms with Crippen LogP contribution in [0, 0.1) is 32.1 Å². The molecule has 1 aliphatic heterocycles. The second-order valence-corrected chi connectivity index (χ2v) is 7.00. The van der Waals surface area contributed by atoms with Crippen LogP contribution in [-0.2, 0) is 6.42 Å². The molecular weight excluding hydrogens is 230 g/mol. The average molecular weight is 257 g/mol. The molecule has 0 radical (unpaired) electrons. The van der Waals surface area contributed by atoms with Gasteiger partial charge in [0.05, 0.1) is 0 Å². The minimum atomic E-state index is 0.571. The van der Waals surface area contributed by atoms with Gasteiger partial charge < -0.3 is 5.32 Å². The summed E-state index contributed by atoms with van der Waals surface area (Å²) in [5.74, 6) is 0.967. The van der Waals surface area contributed by atoms with Gasteiger partial charge in [-0.05, 0) is 62.6 Å². The van der Waals surface area contributed by atoms with Crippen molar-refractivity contribution < 1.29 is 0 Å². The highest BCUT2D eigenvalue weighted by molar-refractivity contribution is 5.38. The molecule has 0 aromatic heterocycles. The van der Waals surface area contributed by atoms with Gasteiger partial charge >= 0.3 is 0 Å². The first kappa shape index (κ1) is 13.2. The van der Waals surface area contributed by atoms with Gasteiger partial charge in [0.15, 0.2) is 0 Å². The standard InChI is InChI=1S/C18H27N/c1-13-8-14(2)17(15(3)9-13)10-18(11-19-12-18)16-6-4-5-7-16/h8-9,16,19H,4-7,10-12H2,1-3H3. The SMILES string of the molecule is Cc1cc(C)c(CC2(C3CCCC3)CNC2)c(C)c1. The van der Waals surface area contributed by atoms with Crippen molar-refractivity contribution in [2.24, 2.45) is 11.3 Å². The van der Waals surface area contributed by atoms with Gasteiger partial charge in [-0.1, -0.05) is 30.5 Å². The Morgan fingerprint density at radius 3 is 2.11 bits per heavy atom. The molecule has 1 saturated carbocycles. The van der Waals surface area contributed by atoms with Crippen molar-refractivity contribution in [1.82, 2.24) is 5.32 Å². The van der Waals surface area contributed by atoms with Crippen molar-refractivity contribution in [3.05, 3.63) is 34.4 Å². The molecule has 0 bridgehead atoms. The van der Waals surface area contributed by atoms with Crippen LogP contribution in [0.1, 0.15) is 47.9 Å². The van der Waals surface area contributed by atoms with Gasteiger partial charge in [-0.25, -0.2) is 0 Å². The van der Waals surface area contributed by atoms with E-state index in [4.69, 9.17) is 0 Å². The summed E-state index contributed by atoms with van der Waals surface area (Å²) in [5.41, 5.74) is 6.60. The van der Waals surface area contributed by atoms with Crippen LogP contribution in [0.15, 0.2) is 12.1 Å². The number of rotatable bonds is 3. The quantitative estimate of drug-likeness (QED) is 0.865. The van der Waals surface area contributed by atoms with E-state index < -0.39 is 0 Å². The predicted octanol–water partition coefficient (Wildman–Crippen LogP) is 3.93. The summed E-state index contributed by atoms with van der Waals surface area (Å²) in [7, 11) is 0. The van der Waals surface area contributed by atoms with E-state index in [0.717, 1.165) is 5.92 Å². The summed E-state index contributed by atoms with van der Waals surface area (Å²) < 4.78 is 0. The highest BCUT2D eigenvalue weighted by atomic mass is 15.0. The van der Waals surface area contributed by atoms with Crippen LogP contribution < -0.4 is 5.32 Å². The van der Waals surface area contributed by atoms with Gasteiger partial charge in [0.1, 0.15) is 0 Å². The fraction of sp³-hybridized carbons (Fsp3) is 0.667. The summed E-state index contributed by atoms with van der Waals surface area (Å²) in [6.07, 6.45) is 7.14. The third kappa shape index (κ3) is 2.33. The summed E-state index contributed by atoms with van der Waals surface area (Å²) in [6, 6.07) is 4.72. The van der Waals surface area contributed by atoms with E-state index in [9.17, 15) is 0 Å². The van der Waals surface area contributed by atoms with E-state index in [1.807, 2.05) is 0 Å². The molecule has 19 heavy (non-hydrogen) atoms. The third-order valence-corrected chi connectivity index (χ3v) is 5.54. The van der Waals surface area contributed by atoms with Gasteiger partial charge in [-0.2, -0.15) is 0 Å². The minimum absolute atomic E-state index is 0.571. The molecule has 3 rings (SSSR count). The maximum absolute atomic E-state index is 3.55. The molecule has 0 amide bonds. The fourth-order valence-electron chi connectivity index (χ4n) is 4.38. The van der Waals surface area contributed by atoms with E-state index in [0.29, 0.717) is 5.41 Å².